The normalized spacial score (nSPS) is 13.9. The van der Waals surface area contributed by atoms with Crippen molar-refractivity contribution in [1.82, 2.24) is 0 Å². The lowest BCUT2D eigenvalue weighted by molar-refractivity contribution is 0.373. The van der Waals surface area contributed by atoms with E-state index in [9.17, 15) is 0 Å². The van der Waals surface area contributed by atoms with Crippen molar-refractivity contribution in [2.75, 3.05) is 0 Å². The number of hydrogen-bond acceptors (Lipinski definition) is 1. The fraction of sp³-hybridized carbons (Fsp3) is 0.973. The van der Waals surface area contributed by atoms with Crippen LogP contribution in [0.5, 0.6) is 0 Å². The van der Waals surface area contributed by atoms with Crippen molar-refractivity contribution in [1.29, 1.82) is 5.26 Å². The minimum absolute atomic E-state index is 0.748. The smallest absolute Gasteiger partial charge is 0.0621 e. The quantitative estimate of drug-likeness (QED) is 0.0816. The Kier molecular flexibility index (Phi) is 30.6. The van der Waals surface area contributed by atoms with Gasteiger partial charge in [-0.05, 0) is 24.2 Å². The van der Waals surface area contributed by atoms with Crippen LogP contribution in [0.1, 0.15) is 214 Å². The highest BCUT2D eigenvalue weighted by Gasteiger charge is 2.08. The van der Waals surface area contributed by atoms with E-state index in [0.717, 1.165) is 30.6 Å². The summed E-state index contributed by atoms with van der Waals surface area (Å²) >= 11 is 0. The minimum Gasteiger partial charge on any atom is -0.198 e. The first-order valence-electron chi connectivity index (χ1n) is 18.0. The minimum atomic E-state index is 0.748. The van der Waals surface area contributed by atoms with E-state index in [1.807, 2.05) is 0 Å². The van der Waals surface area contributed by atoms with Crippen LogP contribution in [0, 0.1) is 29.1 Å². The maximum absolute atomic E-state index is 8.55. The van der Waals surface area contributed by atoms with Gasteiger partial charge in [0.25, 0.3) is 0 Å². The molecule has 0 aliphatic rings. The lowest BCUT2D eigenvalue weighted by Crippen LogP contribution is -2.01. The zero-order valence-corrected chi connectivity index (χ0v) is 27.2. The van der Waals surface area contributed by atoms with Crippen molar-refractivity contribution in [3.8, 4) is 6.07 Å². The molecule has 0 rings (SSSR count). The second-order valence-electron chi connectivity index (χ2n) is 13.4. The van der Waals surface area contributed by atoms with Gasteiger partial charge in [-0.2, -0.15) is 5.26 Å². The number of rotatable bonds is 31. The molecule has 0 spiro atoms. The van der Waals surface area contributed by atoms with Crippen LogP contribution in [-0.4, -0.2) is 0 Å². The summed E-state index contributed by atoms with van der Waals surface area (Å²) in [4.78, 5) is 0. The van der Waals surface area contributed by atoms with Crippen LogP contribution in [0.25, 0.3) is 0 Å². The SMILES string of the molecule is CCCCCCCC(C)CCCC(C)CCCC(C)CCCCCCCCCCCCCCCCCC#N. The molecule has 0 aromatic heterocycles. The summed E-state index contributed by atoms with van der Waals surface area (Å²) in [5.41, 5.74) is 0. The first-order chi connectivity index (χ1) is 18.6. The number of nitriles is 1. The number of unbranched alkanes of at least 4 members (excludes halogenated alkanes) is 19. The van der Waals surface area contributed by atoms with Gasteiger partial charge in [0.2, 0.25) is 0 Å². The molecule has 0 amide bonds. The van der Waals surface area contributed by atoms with E-state index in [4.69, 9.17) is 5.26 Å². The van der Waals surface area contributed by atoms with E-state index in [2.05, 4.69) is 33.8 Å². The summed E-state index contributed by atoms with van der Waals surface area (Å²) in [5, 5.41) is 8.55. The molecule has 0 heterocycles. The van der Waals surface area contributed by atoms with Crippen molar-refractivity contribution in [2.24, 2.45) is 17.8 Å². The highest BCUT2D eigenvalue weighted by molar-refractivity contribution is 4.67. The molecule has 0 radical (unpaired) electrons. The summed E-state index contributed by atoms with van der Waals surface area (Å²) < 4.78 is 0. The highest BCUT2D eigenvalue weighted by Crippen LogP contribution is 2.23. The summed E-state index contributed by atoms with van der Waals surface area (Å²) in [5.74, 6) is 2.82. The van der Waals surface area contributed by atoms with Crippen LogP contribution in [0.15, 0.2) is 0 Å². The largest absolute Gasteiger partial charge is 0.198 e. The third-order valence-electron chi connectivity index (χ3n) is 9.07. The van der Waals surface area contributed by atoms with Crippen LogP contribution in [-0.2, 0) is 0 Å². The van der Waals surface area contributed by atoms with Gasteiger partial charge in [-0.3, -0.25) is 0 Å². The predicted molar refractivity (Wildman–Crippen MR) is 173 cm³/mol. The van der Waals surface area contributed by atoms with E-state index < -0.39 is 0 Å². The standard InChI is InChI=1S/C37H73N/c1-5-6-7-20-23-28-35(2)30-26-32-37(4)33-27-31-36(3)29-24-21-18-16-14-12-10-8-9-11-13-15-17-19-22-25-34-38/h35-37H,5-33H2,1-4H3. The van der Waals surface area contributed by atoms with Gasteiger partial charge in [0, 0.05) is 6.42 Å². The van der Waals surface area contributed by atoms with E-state index >= 15 is 0 Å². The molecule has 0 aromatic rings. The zero-order valence-electron chi connectivity index (χ0n) is 27.2. The van der Waals surface area contributed by atoms with Gasteiger partial charge in [-0.25, -0.2) is 0 Å². The van der Waals surface area contributed by atoms with Gasteiger partial charge < -0.3 is 0 Å². The first-order valence-corrected chi connectivity index (χ1v) is 18.0. The Bertz CT molecular complexity index is 478. The molecule has 0 N–H and O–H groups in total. The zero-order chi connectivity index (χ0) is 27.9. The Balaban J connectivity index is 3.33. The van der Waals surface area contributed by atoms with Crippen LogP contribution >= 0.6 is 0 Å². The van der Waals surface area contributed by atoms with Crippen LogP contribution in [0.4, 0.5) is 0 Å². The Hall–Kier alpha value is -0.510. The first kappa shape index (κ1) is 37.5. The monoisotopic (exact) mass is 532 g/mol. The van der Waals surface area contributed by atoms with E-state index in [1.54, 1.807) is 0 Å². The van der Waals surface area contributed by atoms with Crippen LogP contribution < -0.4 is 0 Å². The van der Waals surface area contributed by atoms with Crippen molar-refractivity contribution in [2.45, 2.75) is 214 Å². The average Bonchev–Trinajstić information content (AvgIpc) is 2.90. The van der Waals surface area contributed by atoms with Crippen LogP contribution in [0.2, 0.25) is 0 Å². The Labute approximate surface area is 242 Å². The predicted octanol–water partition coefficient (Wildman–Crippen LogP) is 13.8. The molecule has 1 nitrogen and oxygen atoms in total. The fourth-order valence-electron chi connectivity index (χ4n) is 6.15. The molecule has 3 unspecified atom stereocenters. The number of nitrogens with zero attached hydrogens (tertiary/aromatic N) is 1. The molecule has 0 bridgehead atoms. The van der Waals surface area contributed by atoms with Crippen molar-refractivity contribution in [3.63, 3.8) is 0 Å². The molecular formula is C37H73N. The molecular weight excluding hydrogens is 458 g/mol. The Morgan fingerprint density at radius 3 is 0.947 bits per heavy atom. The average molecular weight is 532 g/mol. The topological polar surface area (TPSA) is 23.8 Å². The van der Waals surface area contributed by atoms with E-state index in [1.165, 1.54) is 173 Å². The molecule has 0 aliphatic carbocycles. The molecule has 38 heavy (non-hydrogen) atoms. The molecule has 1 heteroatoms. The summed E-state index contributed by atoms with van der Waals surface area (Å²) in [6.45, 7) is 9.80. The summed E-state index contributed by atoms with van der Waals surface area (Å²) in [6.07, 6.45) is 40.6. The molecule has 0 fully saturated rings. The summed E-state index contributed by atoms with van der Waals surface area (Å²) in [7, 11) is 0. The van der Waals surface area contributed by atoms with Gasteiger partial charge >= 0.3 is 0 Å². The lowest BCUT2D eigenvalue weighted by atomic mass is 9.90. The third kappa shape index (κ3) is 30.0. The highest BCUT2D eigenvalue weighted by atomic mass is 14.2. The molecule has 0 saturated carbocycles. The van der Waals surface area contributed by atoms with Gasteiger partial charge in [-0.1, -0.05) is 201 Å². The van der Waals surface area contributed by atoms with Crippen molar-refractivity contribution < 1.29 is 0 Å². The third-order valence-corrected chi connectivity index (χ3v) is 9.07. The number of hydrogen-bond donors (Lipinski definition) is 0. The maximum Gasteiger partial charge on any atom is 0.0621 e. The van der Waals surface area contributed by atoms with Gasteiger partial charge in [-0.15, -0.1) is 0 Å². The summed E-state index contributed by atoms with van der Waals surface area (Å²) in [6, 6.07) is 2.24. The van der Waals surface area contributed by atoms with Crippen molar-refractivity contribution >= 4 is 0 Å². The molecule has 0 aromatic carbocycles. The molecule has 0 aliphatic heterocycles. The van der Waals surface area contributed by atoms with Crippen LogP contribution in [0.3, 0.4) is 0 Å². The fourth-order valence-corrected chi connectivity index (χ4v) is 6.15. The lowest BCUT2D eigenvalue weighted by Gasteiger charge is -2.16. The Morgan fingerprint density at radius 1 is 0.368 bits per heavy atom. The van der Waals surface area contributed by atoms with E-state index in [0.29, 0.717) is 0 Å². The second-order valence-corrected chi connectivity index (χ2v) is 13.4. The Morgan fingerprint density at radius 2 is 0.632 bits per heavy atom. The second kappa shape index (κ2) is 31.0. The van der Waals surface area contributed by atoms with E-state index in [-0.39, 0.29) is 0 Å². The van der Waals surface area contributed by atoms with Gasteiger partial charge in [0.05, 0.1) is 6.07 Å². The molecule has 0 saturated heterocycles. The van der Waals surface area contributed by atoms with Gasteiger partial charge in [0.1, 0.15) is 0 Å². The molecule has 3 atom stereocenters. The van der Waals surface area contributed by atoms with Gasteiger partial charge in [0.15, 0.2) is 0 Å². The van der Waals surface area contributed by atoms with Crippen molar-refractivity contribution in [3.05, 3.63) is 0 Å². The maximum atomic E-state index is 8.55. The molecule has 226 valence electrons.